The Kier molecular flexibility index (Phi) is 5.69. The highest BCUT2D eigenvalue weighted by Crippen LogP contribution is 2.20. The van der Waals surface area contributed by atoms with E-state index in [4.69, 9.17) is 4.74 Å². The zero-order valence-corrected chi connectivity index (χ0v) is 12.5. The molecule has 1 aromatic carbocycles. The van der Waals surface area contributed by atoms with Crippen LogP contribution in [0.2, 0.25) is 0 Å². The van der Waals surface area contributed by atoms with E-state index in [2.05, 4.69) is 11.4 Å². The molecule has 0 aliphatic heterocycles. The zero-order valence-electron chi connectivity index (χ0n) is 12.5. The molecule has 4 nitrogen and oxygen atoms in total. The molecule has 0 unspecified atom stereocenters. The first-order chi connectivity index (χ1) is 10.5. The van der Waals surface area contributed by atoms with Crippen LogP contribution in [0.5, 0.6) is 0 Å². The zero-order chi connectivity index (χ0) is 15.9. The molecule has 5 heteroatoms. The van der Waals surface area contributed by atoms with E-state index in [0.29, 0.717) is 6.42 Å². The van der Waals surface area contributed by atoms with Crippen LogP contribution in [0.3, 0.4) is 0 Å². The fourth-order valence-electron chi connectivity index (χ4n) is 2.31. The van der Waals surface area contributed by atoms with E-state index in [1.807, 2.05) is 6.08 Å². The predicted octanol–water partition coefficient (Wildman–Crippen LogP) is 2.73. The molecule has 0 spiro atoms. The van der Waals surface area contributed by atoms with Crippen LogP contribution in [0.1, 0.15) is 31.7 Å². The number of allylic oxidation sites excluding steroid dienone is 2. The van der Waals surface area contributed by atoms with Crippen molar-refractivity contribution < 1.29 is 18.7 Å². The summed E-state index contributed by atoms with van der Waals surface area (Å²) in [5.41, 5.74) is 0.782. The molecule has 2 rings (SSSR count). The Bertz CT molecular complexity index is 554. The molecule has 1 N–H and O–H groups in total. The molecule has 0 saturated heterocycles. The second kappa shape index (κ2) is 7.73. The SMILES string of the molecule is C[C@@H](OC(=O)C[C@H]1C=CCC1)C(=O)NCc1ccc(F)cc1. The molecule has 1 aliphatic carbocycles. The maximum absolute atomic E-state index is 12.8. The van der Waals surface area contributed by atoms with Crippen molar-refractivity contribution >= 4 is 11.9 Å². The Labute approximate surface area is 129 Å². The van der Waals surface area contributed by atoms with Gasteiger partial charge in [0.25, 0.3) is 5.91 Å². The third-order valence-electron chi connectivity index (χ3n) is 3.60. The van der Waals surface area contributed by atoms with Gasteiger partial charge in [-0.15, -0.1) is 0 Å². The van der Waals surface area contributed by atoms with E-state index < -0.39 is 6.10 Å². The number of carbonyl (C=O) groups is 2. The van der Waals surface area contributed by atoms with Crippen molar-refractivity contribution in [3.63, 3.8) is 0 Å². The molecule has 1 aliphatic rings. The number of ether oxygens (including phenoxy) is 1. The standard InChI is InChI=1S/C17H20FNO3/c1-12(22-16(20)10-13-4-2-3-5-13)17(21)19-11-14-6-8-15(18)9-7-14/h2,4,6-9,12-13H,3,5,10-11H2,1H3,(H,19,21)/t12-,13+/m1/s1. The highest BCUT2D eigenvalue weighted by molar-refractivity contribution is 5.83. The van der Waals surface area contributed by atoms with Crippen LogP contribution in [0, 0.1) is 11.7 Å². The van der Waals surface area contributed by atoms with Gasteiger partial charge in [0.05, 0.1) is 6.42 Å². The molecule has 0 radical (unpaired) electrons. The summed E-state index contributed by atoms with van der Waals surface area (Å²) in [7, 11) is 0. The number of esters is 1. The topological polar surface area (TPSA) is 55.4 Å². The second-order valence-corrected chi connectivity index (χ2v) is 5.45. The Morgan fingerprint density at radius 3 is 2.73 bits per heavy atom. The van der Waals surface area contributed by atoms with E-state index in [1.165, 1.54) is 12.1 Å². The number of hydrogen-bond acceptors (Lipinski definition) is 3. The number of amides is 1. The van der Waals surface area contributed by atoms with Crippen LogP contribution >= 0.6 is 0 Å². The van der Waals surface area contributed by atoms with Gasteiger partial charge in [0.2, 0.25) is 0 Å². The average molecular weight is 305 g/mol. The summed E-state index contributed by atoms with van der Waals surface area (Å²) >= 11 is 0. The summed E-state index contributed by atoms with van der Waals surface area (Å²) in [6.45, 7) is 1.81. The Morgan fingerprint density at radius 2 is 2.09 bits per heavy atom. The van der Waals surface area contributed by atoms with Gasteiger partial charge in [0.1, 0.15) is 5.82 Å². The summed E-state index contributed by atoms with van der Waals surface area (Å²) in [6.07, 6.45) is 5.49. The van der Waals surface area contributed by atoms with E-state index in [9.17, 15) is 14.0 Å². The van der Waals surface area contributed by atoms with Crippen molar-refractivity contribution in [1.82, 2.24) is 5.32 Å². The minimum absolute atomic E-state index is 0.224. The van der Waals surface area contributed by atoms with E-state index in [-0.39, 0.29) is 30.2 Å². The predicted molar refractivity (Wildman–Crippen MR) is 80.3 cm³/mol. The lowest BCUT2D eigenvalue weighted by Crippen LogP contribution is -2.35. The highest BCUT2D eigenvalue weighted by atomic mass is 19.1. The van der Waals surface area contributed by atoms with Crippen LogP contribution in [0.4, 0.5) is 4.39 Å². The molecular formula is C17H20FNO3. The third kappa shape index (κ3) is 4.98. The number of rotatable bonds is 6. The number of halogens is 1. The van der Waals surface area contributed by atoms with Gasteiger partial charge in [0.15, 0.2) is 6.10 Å². The van der Waals surface area contributed by atoms with Crippen molar-refractivity contribution in [3.05, 3.63) is 47.8 Å². The molecule has 1 aromatic rings. The molecule has 0 fully saturated rings. The molecule has 0 aromatic heterocycles. The summed E-state index contributed by atoms with van der Waals surface area (Å²) in [5.74, 6) is -0.819. The van der Waals surface area contributed by atoms with Gasteiger partial charge >= 0.3 is 5.97 Å². The van der Waals surface area contributed by atoms with Crippen LogP contribution < -0.4 is 5.32 Å². The Balaban J connectivity index is 1.72. The molecule has 0 saturated carbocycles. The van der Waals surface area contributed by atoms with Gasteiger partial charge in [-0.05, 0) is 43.4 Å². The highest BCUT2D eigenvalue weighted by Gasteiger charge is 2.20. The van der Waals surface area contributed by atoms with Crippen molar-refractivity contribution in [2.45, 2.75) is 38.8 Å². The minimum Gasteiger partial charge on any atom is -0.453 e. The smallest absolute Gasteiger partial charge is 0.307 e. The van der Waals surface area contributed by atoms with E-state index >= 15 is 0 Å². The average Bonchev–Trinajstić information content (AvgIpc) is 2.99. The normalized spacial score (nSPS) is 18.0. The first-order valence-corrected chi connectivity index (χ1v) is 7.43. The quantitative estimate of drug-likeness (QED) is 0.649. The first-order valence-electron chi connectivity index (χ1n) is 7.43. The van der Waals surface area contributed by atoms with Gasteiger partial charge in [-0.25, -0.2) is 4.39 Å². The van der Waals surface area contributed by atoms with Crippen molar-refractivity contribution in [3.8, 4) is 0 Å². The lowest BCUT2D eigenvalue weighted by atomic mass is 10.1. The van der Waals surface area contributed by atoms with Crippen LogP contribution in [0.25, 0.3) is 0 Å². The maximum atomic E-state index is 12.8. The fourth-order valence-corrected chi connectivity index (χ4v) is 2.31. The van der Waals surface area contributed by atoms with Gasteiger partial charge in [-0.2, -0.15) is 0 Å². The molecule has 22 heavy (non-hydrogen) atoms. The van der Waals surface area contributed by atoms with Crippen LogP contribution in [0.15, 0.2) is 36.4 Å². The molecule has 0 heterocycles. The second-order valence-electron chi connectivity index (χ2n) is 5.45. The van der Waals surface area contributed by atoms with Crippen LogP contribution in [-0.2, 0) is 20.9 Å². The minimum atomic E-state index is -0.835. The fraction of sp³-hybridized carbons (Fsp3) is 0.412. The van der Waals surface area contributed by atoms with Crippen molar-refractivity contribution in [1.29, 1.82) is 0 Å². The Hall–Kier alpha value is -2.17. The molecule has 2 atom stereocenters. The molecule has 118 valence electrons. The number of carbonyl (C=O) groups excluding carboxylic acids is 2. The summed E-state index contributed by atoms with van der Waals surface area (Å²) in [4.78, 5) is 23.6. The molecular weight excluding hydrogens is 285 g/mol. The largest absolute Gasteiger partial charge is 0.453 e. The van der Waals surface area contributed by atoms with E-state index in [0.717, 1.165) is 18.4 Å². The Morgan fingerprint density at radius 1 is 1.36 bits per heavy atom. The summed E-state index contributed by atoms with van der Waals surface area (Å²) < 4.78 is 17.9. The summed E-state index contributed by atoms with van der Waals surface area (Å²) in [6, 6.07) is 5.86. The summed E-state index contributed by atoms with van der Waals surface area (Å²) in [5, 5.41) is 2.66. The van der Waals surface area contributed by atoms with Gasteiger partial charge in [-0.3, -0.25) is 9.59 Å². The number of hydrogen-bond donors (Lipinski definition) is 1. The van der Waals surface area contributed by atoms with Gasteiger partial charge < -0.3 is 10.1 Å². The third-order valence-corrected chi connectivity index (χ3v) is 3.60. The van der Waals surface area contributed by atoms with Gasteiger partial charge in [-0.1, -0.05) is 24.3 Å². The lowest BCUT2D eigenvalue weighted by Gasteiger charge is -2.14. The van der Waals surface area contributed by atoms with Crippen molar-refractivity contribution in [2.24, 2.45) is 5.92 Å². The lowest BCUT2D eigenvalue weighted by molar-refractivity contribution is -0.155. The van der Waals surface area contributed by atoms with Crippen LogP contribution in [-0.4, -0.2) is 18.0 Å². The molecule has 1 amide bonds. The van der Waals surface area contributed by atoms with E-state index in [1.54, 1.807) is 19.1 Å². The van der Waals surface area contributed by atoms with Crippen molar-refractivity contribution in [2.75, 3.05) is 0 Å². The first kappa shape index (κ1) is 16.2. The monoisotopic (exact) mass is 305 g/mol. The molecule has 0 bridgehead atoms. The number of benzene rings is 1. The van der Waals surface area contributed by atoms with Gasteiger partial charge in [0, 0.05) is 6.54 Å². The number of nitrogens with one attached hydrogen (secondary N) is 1. The maximum Gasteiger partial charge on any atom is 0.307 e.